The van der Waals surface area contributed by atoms with E-state index in [9.17, 15) is 13.2 Å². The van der Waals surface area contributed by atoms with Gasteiger partial charge in [-0.25, -0.2) is 0 Å². The number of halogens is 3. The Balaban J connectivity index is 3.33. The Kier molecular flexibility index (Phi) is 3.20. The number of benzene rings is 1. The molecule has 5 heteroatoms. The third-order valence-electron chi connectivity index (χ3n) is 1.91. The molecule has 0 fully saturated rings. The molecule has 0 aromatic heterocycles. The maximum absolute atomic E-state index is 12.5. The van der Waals surface area contributed by atoms with Crippen molar-refractivity contribution in [1.29, 1.82) is 5.26 Å². The highest BCUT2D eigenvalue weighted by Crippen LogP contribution is 2.35. The average molecular weight is 215 g/mol. The first-order valence-corrected chi connectivity index (χ1v) is 4.10. The molecule has 0 saturated heterocycles. The van der Waals surface area contributed by atoms with E-state index >= 15 is 0 Å². The monoisotopic (exact) mass is 215 g/mol. The largest absolute Gasteiger partial charge is 0.496 e. The molecule has 0 aliphatic heterocycles. The van der Waals surface area contributed by atoms with Crippen LogP contribution < -0.4 is 4.74 Å². The summed E-state index contributed by atoms with van der Waals surface area (Å²) in [4.78, 5) is 0. The van der Waals surface area contributed by atoms with Crippen molar-refractivity contribution in [2.24, 2.45) is 0 Å². The van der Waals surface area contributed by atoms with Gasteiger partial charge in [-0.15, -0.1) is 0 Å². The molecule has 1 aromatic carbocycles. The smallest absolute Gasteiger partial charge is 0.416 e. The molecular weight excluding hydrogens is 207 g/mol. The van der Waals surface area contributed by atoms with Crippen LogP contribution in [-0.4, -0.2) is 7.11 Å². The van der Waals surface area contributed by atoms with E-state index in [1.807, 2.05) is 0 Å². The molecule has 0 spiro atoms. The number of hydrogen-bond acceptors (Lipinski definition) is 2. The number of nitrogens with zero attached hydrogens (tertiary/aromatic N) is 1. The molecule has 0 N–H and O–H groups in total. The standard InChI is InChI=1S/C10H8F3NO/c1-15-9-4-2-3-8(10(11,12)13)7(9)5-6-14/h2-4H,5H2,1H3. The van der Waals surface area contributed by atoms with Crippen molar-refractivity contribution in [3.63, 3.8) is 0 Å². The van der Waals surface area contributed by atoms with Crippen LogP contribution in [0.15, 0.2) is 18.2 Å². The first-order chi connectivity index (χ1) is 7.00. The lowest BCUT2D eigenvalue weighted by Gasteiger charge is -2.13. The lowest BCUT2D eigenvalue weighted by atomic mass is 10.0. The summed E-state index contributed by atoms with van der Waals surface area (Å²) in [5.74, 6) is 0.0892. The predicted octanol–water partition coefficient (Wildman–Crippen LogP) is 2.78. The Hall–Kier alpha value is -1.70. The van der Waals surface area contributed by atoms with Crippen LogP contribution in [0.1, 0.15) is 11.1 Å². The Morgan fingerprint density at radius 3 is 2.53 bits per heavy atom. The maximum Gasteiger partial charge on any atom is 0.416 e. The minimum absolute atomic E-state index is 0.0892. The van der Waals surface area contributed by atoms with E-state index in [2.05, 4.69) is 0 Å². The van der Waals surface area contributed by atoms with Gasteiger partial charge in [0.05, 0.1) is 25.2 Å². The van der Waals surface area contributed by atoms with Crippen molar-refractivity contribution in [3.05, 3.63) is 29.3 Å². The summed E-state index contributed by atoms with van der Waals surface area (Å²) in [7, 11) is 1.27. The van der Waals surface area contributed by atoms with Gasteiger partial charge in [0, 0.05) is 5.56 Å². The lowest BCUT2D eigenvalue weighted by Crippen LogP contribution is -2.10. The lowest BCUT2D eigenvalue weighted by molar-refractivity contribution is -0.138. The first-order valence-electron chi connectivity index (χ1n) is 4.10. The number of rotatable bonds is 2. The van der Waals surface area contributed by atoms with E-state index in [0.717, 1.165) is 6.07 Å². The summed E-state index contributed by atoms with van der Waals surface area (Å²) in [6, 6.07) is 5.29. The highest BCUT2D eigenvalue weighted by molar-refractivity contribution is 5.43. The van der Waals surface area contributed by atoms with E-state index in [1.54, 1.807) is 6.07 Å². The zero-order valence-electron chi connectivity index (χ0n) is 7.93. The van der Waals surface area contributed by atoms with Gasteiger partial charge in [-0.3, -0.25) is 0 Å². The Morgan fingerprint density at radius 1 is 1.40 bits per heavy atom. The predicted molar refractivity (Wildman–Crippen MR) is 47.3 cm³/mol. The molecule has 0 saturated carbocycles. The average Bonchev–Trinajstić information content (AvgIpc) is 2.17. The van der Waals surface area contributed by atoms with Crippen LogP contribution in [0.4, 0.5) is 13.2 Å². The summed E-state index contributed by atoms with van der Waals surface area (Å²) in [5, 5.41) is 8.46. The van der Waals surface area contributed by atoms with Crippen LogP contribution >= 0.6 is 0 Å². The number of alkyl halides is 3. The van der Waals surface area contributed by atoms with Gasteiger partial charge in [-0.05, 0) is 12.1 Å². The van der Waals surface area contributed by atoms with Gasteiger partial charge in [0.1, 0.15) is 5.75 Å². The third-order valence-corrected chi connectivity index (χ3v) is 1.91. The fraction of sp³-hybridized carbons (Fsp3) is 0.300. The molecule has 0 amide bonds. The summed E-state index contributed by atoms with van der Waals surface area (Å²) in [5.41, 5.74) is -0.932. The summed E-state index contributed by atoms with van der Waals surface area (Å²) in [6.07, 6.45) is -4.78. The third kappa shape index (κ3) is 2.40. The van der Waals surface area contributed by atoms with Gasteiger partial charge in [0.15, 0.2) is 0 Å². The second-order valence-electron chi connectivity index (χ2n) is 2.82. The number of methoxy groups -OCH3 is 1. The Bertz CT molecular complexity index is 393. The van der Waals surface area contributed by atoms with E-state index < -0.39 is 11.7 Å². The van der Waals surface area contributed by atoms with Gasteiger partial charge in [-0.2, -0.15) is 18.4 Å². The van der Waals surface area contributed by atoms with Gasteiger partial charge >= 0.3 is 6.18 Å². The molecule has 0 heterocycles. The second kappa shape index (κ2) is 4.22. The molecule has 0 bridgehead atoms. The molecule has 0 atom stereocenters. The topological polar surface area (TPSA) is 33.0 Å². The van der Waals surface area contributed by atoms with Gasteiger partial charge in [0.2, 0.25) is 0 Å². The molecule has 0 aliphatic carbocycles. The van der Waals surface area contributed by atoms with Crippen LogP contribution in [0.25, 0.3) is 0 Å². The van der Waals surface area contributed by atoms with E-state index in [0.29, 0.717) is 0 Å². The Morgan fingerprint density at radius 2 is 2.07 bits per heavy atom. The van der Waals surface area contributed by atoms with Crippen LogP contribution in [0.2, 0.25) is 0 Å². The van der Waals surface area contributed by atoms with Crippen LogP contribution in [0.5, 0.6) is 5.75 Å². The van der Waals surface area contributed by atoms with Crippen molar-refractivity contribution in [1.82, 2.24) is 0 Å². The highest BCUT2D eigenvalue weighted by Gasteiger charge is 2.34. The van der Waals surface area contributed by atoms with Crippen LogP contribution in [0.3, 0.4) is 0 Å². The Labute approximate surface area is 84.9 Å². The fourth-order valence-electron chi connectivity index (χ4n) is 1.28. The second-order valence-corrected chi connectivity index (χ2v) is 2.82. The minimum Gasteiger partial charge on any atom is -0.496 e. The van der Waals surface area contributed by atoms with Crippen molar-refractivity contribution in [2.75, 3.05) is 7.11 Å². The minimum atomic E-state index is -4.46. The molecule has 80 valence electrons. The molecular formula is C10H8F3NO. The zero-order chi connectivity index (χ0) is 11.5. The van der Waals surface area contributed by atoms with Gasteiger partial charge in [-0.1, -0.05) is 6.07 Å². The maximum atomic E-state index is 12.5. The normalized spacial score (nSPS) is 10.9. The summed E-state index contributed by atoms with van der Waals surface area (Å²) in [6.45, 7) is 0. The molecule has 0 radical (unpaired) electrons. The molecule has 1 aromatic rings. The molecule has 2 nitrogen and oxygen atoms in total. The number of ether oxygens (including phenoxy) is 1. The number of nitriles is 1. The van der Waals surface area contributed by atoms with E-state index in [1.165, 1.54) is 19.2 Å². The van der Waals surface area contributed by atoms with Crippen LogP contribution in [0, 0.1) is 11.3 Å². The van der Waals surface area contributed by atoms with Crippen LogP contribution in [-0.2, 0) is 12.6 Å². The summed E-state index contributed by atoms with van der Waals surface area (Å²) >= 11 is 0. The SMILES string of the molecule is COc1cccc(C(F)(F)F)c1CC#N. The first kappa shape index (κ1) is 11.4. The molecule has 15 heavy (non-hydrogen) atoms. The van der Waals surface area contributed by atoms with E-state index in [-0.39, 0.29) is 17.7 Å². The molecule has 1 rings (SSSR count). The van der Waals surface area contributed by atoms with Gasteiger partial charge < -0.3 is 4.74 Å². The van der Waals surface area contributed by atoms with Gasteiger partial charge in [0.25, 0.3) is 0 Å². The van der Waals surface area contributed by atoms with E-state index in [4.69, 9.17) is 10.00 Å². The zero-order valence-corrected chi connectivity index (χ0v) is 7.93. The van der Waals surface area contributed by atoms with Crippen molar-refractivity contribution in [3.8, 4) is 11.8 Å². The highest BCUT2D eigenvalue weighted by atomic mass is 19.4. The van der Waals surface area contributed by atoms with Crippen molar-refractivity contribution in [2.45, 2.75) is 12.6 Å². The fourth-order valence-corrected chi connectivity index (χ4v) is 1.28. The quantitative estimate of drug-likeness (QED) is 0.759. The summed E-state index contributed by atoms with van der Waals surface area (Å²) < 4.78 is 42.4. The van der Waals surface area contributed by atoms with Crippen molar-refractivity contribution < 1.29 is 17.9 Å². The van der Waals surface area contributed by atoms with Crippen molar-refractivity contribution >= 4 is 0 Å². The molecule has 0 unspecified atom stereocenters. The number of hydrogen-bond donors (Lipinski definition) is 0. The molecule has 0 aliphatic rings.